The predicted octanol–water partition coefficient (Wildman–Crippen LogP) is 3.71. The molecule has 0 aliphatic carbocycles. The van der Waals surface area contributed by atoms with E-state index < -0.39 is 5.97 Å². The van der Waals surface area contributed by atoms with Gasteiger partial charge in [-0.15, -0.1) is 0 Å². The Morgan fingerprint density at radius 1 is 1.11 bits per heavy atom. The zero-order valence-corrected chi connectivity index (χ0v) is 15.0. The molecule has 5 heteroatoms. The topological polar surface area (TPSA) is 67.8 Å². The van der Waals surface area contributed by atoms with Crippen LogP contribution in [0, 0.1) is 5.92 Å². The van der Waals surface area contributed by atoms with E-state index >= 15 is 0 Å². The van der Waals surface area contributed by atoms with E-state index in [-0.39, 0.29) is 12.2 Å². The minimum absolute atomic E-state index is 0.158. The van der Waals surface area contributed by atoms with Crippen molar-refractivity contribution in [1.82, 2.24) is 5.48 Å². The second kappa shape index (κ2) is 7.94. The maximum atomic E-state index is 11.0. The van der Waals surface area contributed by atoms with E-state index in [2.05, 4.69) is 5.48 Å². The SMILES string of the molecule is O=C(O)c1ccc(CC2C(=CNOCc3ccccc3)C3CCC2O3)cc1. The maximum Gasteiger partial charge on any atom is 0.335 e. The number of hydrogen-bond acceptors (Lipinski definition) is 4. The van der Waals surface area contributed by atoms with Crippen LogP contribution in [0.5, 0.6) is 0 Å². The molecule has 0 aromatic heterocycles. The lowest BCUT2D eigenvalue weighted by Gasteiger charge is -2.22. The van der Waals surface area contributed by atoms with Gasteiger partial charge in [-0.05, 0) is 48.1 Å². The molecule has 2 saturated heterocycles. The third-order valence-corrected chi connectivity index (χ3v) is 5.35. The van der Waals surface area contributed by atoms with E-state index in [4.69, 9.17) is 14.7 Å². The summed E-state index contributed by atoms with van der Waals surface area (Å²) in [7, 11) is 0. The number of fused-ring (bicyclic) bond motifs is 2. The van der Waals surface area contributed by atoms with Gasteiger partial charge in [0.05, 0.1) is 24.4 Å². The van der Waals surface area contributed by atoms with Crippen LogP contribution in [0.2, 0.25) is 0 Å². The van der Waals surface area contributed by atoms with Gasteiger partial charge >= 0.3 is 5.97 Å². The van der Waals surface area contributed by atoms with Gasteiger partial charge in [0.2, 0.25) is 0 Å². The highest BCUT2D eigenvalue weighted by Gasteiger charge is 2.44. The molecule has 0 amide bonds. The van der Waals surface area contributed by atoms with Crippen molar-refractivity contribution in [3.8, 4) is 0 Å². The van der Waals surface area contributed by atoms with Crippen molar-refractivity contribution in [2.75, 3.05) is 0 Å². The molecule has 2 aromatic carbocycles. The second-order valence-electron chi connectivity index (χ2n) is 7.09. The van der Waals surface area contributed by atoms with E-state index in [1.807, 2.05) is 48.7 Å². The molecule has 0 saturated carbocycles. The molecule has 2 aliphatic rings. The van der Waals surface area contributed by atoms with Crippen molar-refractivity contribution < 1.29 is 19.5 Å². The van der Waals surface area contributed by atoms with E-state index in [1.54, 1.807) is 12.1 Å². The highest BCUT2D eigenvalue weighted by atomic mass is 16.6. The Kier molecular flexibility index (Phi) is 5.23. The number of rotatable bonds is 7. The smallest absolute Gasteiger partial charge is 0.335 e. The van der Waals surface area contributed by atoms with Crippen LogP contribution in [0.1, 0.15) is 34.3 Å². The molecule has 2 heterocycles. The Hall–Kier alpha value is -2.63. The lowest BCUT2D eigenvalue weighted by atomic mass is 9.81. The van der Waals surface area contributed by atoms with Gasteiger partial charge in [0.1, 0.15) is 0 Å². The molecule has 27 heavy (non-hydrogen) atoms. The molecule has 3 unspecified atom stereocenters. The van der Waals surface area contributed by atoms with Crippen molar-refractivity contribution in [2.45, 2.75) is 38.1 Å². The number of nitrogens with one attached hydrogen (secondary N) is 1. The second-order valence-corrected chi connectivity index (χ2v) is 7.09. The average Bonchev–Trinajstić information content (AvgIpc) is 3.29. The first-order valence-electron chi connectivity index (χ1n) is 9.29. The van der Waals surface area contributed by atoms with Gasteiger partial charge in [0, 0.05) is 12.1 Å². The number of carbonyl (C=O) groups is 1. The minimum atomic E-state index is -0.898. The van der Waals surface area contributed by atoms with Gasteiger partial charge in [-0.3, -0.25) is 10.3 Å². The number of carboxylic acid groups (broad SMARTS) is 1. The third kappa shape index (κ3) is 4.04. The van der Waals surface area contributed by atoms with Crippen LogP contribution in [0.3, 0.4) is 0 Å². The molecule has 2 N–H and O–H groups in total. The summed E-state index contributed by atoms with van der Waals surface area (Å²) in [6.07, 6.45) is 5.30. The first-order chi connectivity index (χ1) is 13.2. The standard InChI is InChI=1S/C22H23NO4/c24-22(25)17-8-6-15(7-9-17)12-18-19(21-11-10-20(18)27-21)13-23-26-14-16-4-2-1-3-5-16/h1-9,13,18,20-21,23H,10-12,14H2,(H,24,25). The summed E-state index contributed by atoms with van der Waals surface area (Å²) in [6, 6.07) is 17.1. The highest BCUT2D eigenvalue weighted by Crippen LogP contribution is 2.44. The van der Waals surface area contributed by atoms with Crippen LogP contribution >= 0.6 is 0 Å². The van der Waals surface area contributed by atoms with E-state index in [0.717, 1.165) is 30.4 Å². The van der Waals surface area contributed by atoms with E-state index in [9.17, 15) is 4.79 Å². The Morgan fingerprint density at radius 2 is 1.89 bits per heavy atom. The normalized spacial score (nSPS) is 25.0. The molecule has 140 valence electrons. The third-order valence-electron chi connectivity index (χ3n) is 5.35. The number of hydroxylamine groups is 1. The minimum Gasteiger partial charge on any atom is -0.478 e. The molecule has 2 aliphatic heterocycles. The monoisotopic (exact) mass is 365 g/mol. The van der Waals surface area contributed by atoms with Crippen LogP contribution in [-0.2, 0) is 22.6 Å². The molecule has 4 rings (SSSR count). The fourth-order valence-corrected chi connectivity index (χ4v) is 3.95. The Bertz CT molecular complexity index is 816. The Balaban J connectivity index is 1.39. The molecule has 5 nitrogen and oxygen atoms in total. The first kappa shape index (κ1) is 17.8. The predicted molar refractivity (Wildman–Crippen MR) is 101 cm³/mol. The van der Waals surface area contributed by atoms with Crippen molar-refractivity contribution in [3.05, 3.63) is 83.1 Å². The van der Waals surface area contributed by atoms with Gasteiger partial charge in [-0.2, -0.15) is 0 Å². The van der Waals surface area contributed by atoms with Crippen molar-refractivity contribution in [2.24, 2.45) is 5.92 Å². The molecule has 2 bridgehead atoms. The van der Waals surface area contributed by atoms with Gasteiger partial charge in [0.15, 0.2) is 0 Å². The summed E-state index contributed by atoms with van der Waals surface area (Å²) in [4.78, 5) is 16.6. The first-order valence-corrected chi connectivity index (χ1v) is 9.29. The van der Waals surface area contributed by atoms with Gasteiger partial charge in [0.25, 0.3) is 0 Å². The maximum absolute atomic E-state index is 11.0. The Morgan fingerprint density at radius 3 is 2.63 bits per heavy atom. The highest BCUT2D eigenvalue weighted by molar-refractivity contribution is 5.87. The molecular formula is C22H23NO4. The largest absolute Gasteiger partial charge is 0.478 e. The van der Waals surface area contributed by atoms with Crippen molar-refractivity contribution in [1.29, 1.82) is 0 Å². The zero-order valence-electron chi connectivity index (χ0n) is 15.0. The Labute approximate surface area is 158 Å². The molecular weight excluding hydrogens is 342 g/mol. The van der Waals surface area contributed by atoms with Crippen molar-refractivity contribution in [3.63, 3.8) is 0 Å². The van der Waals surface area contributed by atoms with Gasteiger partial charge in [-0.25, -0.2) is 4.79 Å². The summed E-state index contributed by atoms with van der Waals surface area (Å²) >= 11 is 0. The number of aromatic carboxylic acids is 1. The van der Waals surface area contributed by atoms with E-state index in [0.29, 0.717) is 18.1 Å². The van der Waals surface area contributed by atoms with Crippen LogP contribution in [0.25, 0.3) is 0 Å². The zero-order chi connectivity index (χ0) is 18.6. The number of ether oxygens (including phenoxy) is 1. The summed E-state index contributed by atoms with van der Waals surface area (Å²) in [5, 5.41) is 9.04. The van der Waals surface area contributed by atoms with Crippen LogP contribution in [-0.4, -0.2) is 23.3 Å². The number of carboxylic acids is 1. The fraction of sp³-hybridized carbons (Fsp3) is 0.318. The summed E-state index contributed by atoms with van der Waals surface area (Å²) in [5.74, 6) is -0.600. The number of benzene rings is 2. The van der Waals surface area contributed by atoms with Crippen LogP contribution < -0.4 is 5.48 Å². The van der Waals surface area contributed by atoms with Crippen molar-refractivity contribution >= 4 is 5.97 Å². The van der Waals surface area contributed by atoms with Crippen LogP contribution in [0.15, 0.2) is 66.4 Å². The lowest BCUT2D eigenvalue weighted by Crippen LogP contribution is -2.23. The fourth-order valence-electron chi connectivity index (χ4n) is 3.95. The van der Waals surface area contributed by atoms with Crippen LogP contribution in [0.4, 0.5) is 0 Å². The number of hydrogen-bond donors (Lipinski definition) is 2. The summed E-state index contributed by atoms with van der Waals surface area (Å²) in [6.45, 7) is 0.501. The lowest BCUT2D eigenvalue weighted by molar-refractivity contribution is 0.0560. The van der Waals surface area contributed by atoms with E-state index in [1.165, 1.54) is 5.57 Å². The molecule has 0 radical (unpaired) electrons. The molecule has 2 aromatic rings. The molecule has 0 spiro atoms. The van der Waals surface area contributed by atoms with Gasteiger partial charge < -0.3 is 9.84 Å². The van der Waals surface area contributed by atoms with Gasteiger partial charge in [-0.1, -0.05) is 42.5 Å². The molecule has 3 atom stereocenters. The average molecular weight is 365 g/mol. The quantitative estimate of drug-likeness (QED) is 0.578. The summed E-state index contributed by atoms with van der Waals surface area (Å²) in [5.41, 5.74) is 6.77. The summed E-state index contributed by atoms with van der Waals surface area (Å²) < 4.78 is 6.09. The molecule has 2 fully saturated rings.